The van der Waals surface area contributed by atoms with E-state index in [0.717, 1.165) is 36.0 Å². The molecule has 0 aliphatic heterocycles. The Labute approximate surface area is 287 Å². The minimum absolute atomic E-state index is 0.175. The van der Waals surface area contributed by atoms with E-state index in [-0.39, 0.29) is 19.4 Å². The number of rotatable bonds is 13. The molecule has 48 heavy (non-hydrogen) atoms. The lowest BCUT2D eigenvalue weighted by Crippen LogP contribution is -2.44. The first-order valence-corrected chi connectivity index (χ1v) is 16.3. The SMILES string of the molecule is CCN(CC)c1ccc(-c2nc3cc(C(CC(N)=O)NC(=O)[C@@H](N)Cc4ccc(Cl)c(Cl)c4)ccc3n2Cc2ccc(F)c(F)c2)cc1. The molecule has 2 atom stereocenters. The van der Waals surface area contributed by atoms with Crippen molar-refractivity contribution >= 4 is 51.7 Å². The van der Waals surface area contributed by atoms with Gasteiger partial charge >= 0.3 is 0 Å². The minimum Gasteiger partial charge on any atom is -0.372 e. The Bertz CT molecular complexity index is 1950. The molecule has 12 heteroatoms. The Hall–Kier alpha value is -4.51. The summed E-state index contributed by atoms with van der Waals surface area (Å²) in [6, 6.07) is 20.5. The number of nitrogens with two attached hydrogens (primary N) is 2. The normalized spacial score (nSPS) is 12.6. The van der Waals surface area contributed by atoms with Gasteiger partial charge in [-0.05, 0) is 97.6 Å². The van der Waals surface area contributed by atoms with Gasteiger partial charge in [-0.3, -0.25) is 9.59 Å². The quantitative estimate of drug-likeness (QED) is 0.126. The van der Waals surface area contributed by atoms with Crippen LogP contribution in [0.2, 0.25) is 10.0 Å². The summed E-state index contributed by atoms with van der Waals surface area (Å²) in [4.78, 5) is 32.5. The van der Waals surface area contributed by atoms with Crippen molar-refractivity contribution < 1.29 is 18.4 Å². The first-order chi connectivity index (χ1) is 23.0. The van der Waals surface area contributed by atoms with Crippen LogP contribution in [0.4, 0.5) is 14.5 Å². The lowest BCUT2D eigenvalue weighted by molar-refractivity contribution is -0.123. The smallest absolute Gasteiger partial charge is 0.237 e. The summed E-state index contributed by atoms with van der Waals surface area (Å²) in [6.07, 6.45) is 0.0157. The maximum Gasteiger partial charge on any atom is 0.237 e. The van der Waals surface area contributed by atoms with Crippen molar-refractivity contribution in [1.29, 1.82) is 0 Å². The molecule has 2 amide bonds. The highest BCUT2D eigenvalue weighted by atomic mass is 35.5. The summed E-state index contributed by atoms with van der Waals surface area (Å²) in [5.74, 6) is -2.35. The number of carbonyl (C=O) groups excluding carboxylic acids is 2. The van der Waals surface area contributed by atoms with Crippen LogP contribution in [-0.2, 0) is 22.6 Å². The van der Waals surface area contributed by atoms with Crippen molar-refractivity contribution in [2.24, 2.45) is 11.5 Å². The molecule has 0 saturated carbocycles. The third kappa shape index (κ3) is 7.95. The molecule has 250 valence electrons. The second-order valence-electron chi connectivity index (χ2n) is 11.5. The number of halogens is 4. The monoisotopic (exact) mass is 692 g/mol. The number of nitrogens with one attached hydrogen (secondary N) is 1. The van der Waals surface area contributed by atoms with E-state index in [4.69, 9.17) is 39.7 Å². The Balaban J connectivity index is 1.50. The fourth-order valence-corrected chi connectivity index (χ4v) is 6.04. The van der Waals surface area contributed by atoms with Gasteiger partial charge in [0.05, 0.1) is 39.6 Å². The summed E-state index contributed by atoms with van der Waals surface area (Å²) in [7, 11) is 0. The van der Waals surface area contributed by atoms with Crippen molar-refractivity contribution in [3.05, 3.63) is 117 Å². The lowest BCUT2D eigenvalue weighted by atomic mass is 10.0. The Kier molecular flexibility index (Phi) is 11.0. The second-order valence-corrected chi connectivity index (χ2v) is 12.3. The molecule has 5 aromatic rings. The highest BCUT2D eigenvalue weighted by Gasteiger charge is 2.23. The lowest BCUT2D eigenvalue weighted by Gasteiger charge is -2.21. The number of hydrogen-bond donors (Lipinski definition) is 3. The molecule has 0 saturated heterocycles. The van der Waals surface area contributed by atoms with Gasteiger partial charge in [0.15, 0.2) is 11.6 Å². The van der Waals surface area contributed by atoms with E-state index in [9.17, 15) is 18.4 Å². The van der Waals surface area contributed by atoms with Gasteiger partial charge in [0, 0.05) is 30.9 Å². The summed E-state index contributed by atoms with van der Waals surface area (Å²) < 4.78 is 29.9. The first-order valence-electron chi connectivity index (χ1n) is 15.5. The Morgan fingerprint density at radius 1 is 0.896 bits per heavy atom. The van der Waals surface area contributed by atoms with Crippen LogP contribution < -0.4 is 21.7 Å². The van der Waals surface area contributed by atoms with Crippen LogP contribution in [0.3, 0.4) is 0 Å². The highest BCUT2D eigenvalue weighted by molar-refractivity contribution is 6.42. The van der Waals surface area contributed by atoms with E-state index in [1.807, 2.05) is 34.9 Å². The van der Waals surface area contributed by atoms with Crippen LogP contribution in [-0.4, -0.2) is 40.5 Å². The molecule has 1 aromatic heterocycles. The molecule has 8 nitrogen and oxygen atoms in total. The van der Waals surface area contributed by atoms with Gasteiger partial charge < -0.3 is 26.3 Å². The predicted molar refractivity (Wildman–Crippen MR) is 187 cm³/mol. The highest BCUT2D eigenvalue weighted by Crippen LogP contribution is 2.31. The largest absolute Gasteiger partial charge is 0.372 e. The zero-order chi connectivity index (χ0) is 34.5. The molecular formula is C36H36Cl2F2N6O2. The number of hydrogen-bond acceptors (Lipinski definition) is 5. The standard InChI is InChI=1S/C36H36Cl2F2N6O2/c1-3-45(4-2)25-10-7-23(8-11-25)35-43-32-18-24(9-14-33(32)46(35)20-22-6-13-28(39)29(40)16-22)31(19-34(42)47)44-36(48)30(41)17-21-5-12-26(37)27(38)15-21/h5-16,18,30-31H,3-4,17,19-20,41H2,1-2H3,(H2,42,47)(H,44,48)/t30-,31?/m0/s1. The molecule has 0 aliphatic rings. The summed E-state index contributed by atoms with van der Waals surface area (Å²) >= 11 is 12.1. The van der Waals surface area contributed by atoms with E-state index in [1.54, 1.807) is 30.3 Å². The van der Waals surface area contributed by atoms with Crippen LogP contribution in [0.15, 0.2) is 78.9 Å². The van der Waals surface area contributed by atoms with Gasteiger partial charge in [-0.2, -0.15) is 0 Å². The molecule has 5 rings (SSSR count). The fraction of sp³-hybridized carbons (Fsp3) is 0.250. The third-order valence-electron chi connectivity index (χ3n) is 8.25. The van der Waals surface area contributed by atoms with Crippen molar-refractivity contribution in [1.82, 2.24) is 14.9 Å². The molecule has 0 fully saturated rings. The molecule has 0 spiro atoms. The van der Waals surface area contributed by atoms with Crippen molar-refractivity contribution in [2.75, 3.05) is 18.0 Å². The second kappa shape index (κ2) is 15.1. The summed E-state index contributed by atoms with van der Waals surface area (Å²) in [6.45, 7) is 6.11. The topological polar surface area (TPSA) is 119 Å². The van der Waals surface area contributed by atoms with Gasteiger partial charge in [0.25, 0.3) is 0 Å². The van der Waals surface area contributed by atoms with Gasteiger partial charge in [-0.15, -0.1) is 0 Å². The maximum absolute atomic E-state index is 14.2. The van der Waals surface area contributed by atoms with Gasteiger partial charge in [0.1, 0.15) is 5.82 Å². The predicted octanol–water partition coefficient (Wildman–Crippen LogP) is 6.79. The van der Waals surface area contributed by atoms with E-state index in [0.29, 0.717) is 38.0 Å². The number of primary amides is 1. The van der Waals surface area contributed by atoms with E-state index >= 15 is 0 Å². The van der Waals surface area contributed by atoms with Crippen LogP contribution in [0.1, 0.15) is 43.0 Å². The number of anilines is 1. The van der Waals surface area contributed by atoms with Gasteiger partial charge in [-0.1, -0.05) is 41.4 Å². The fourth-order valence-electron chi connectivity index (χ4n) is 5.72. The molecule has 1 heterocycles. The van der Waals surface area contributed by atoms with E-state index < -0.39 is 35.5 Å². The number of carbonyl (C=O) groups is 2. The van der Waals surface area contributed by atoms with Crippen LogP contribution in [0.5, 0.6) is 0 Å². The first kappa shape index (κ1) is 34.8. The maximum atomic E-state index is 14.2. The number of aromatic nitrogens is 2. The molecular weight excluding hydrogens is 657 g/mol. The summed E-state index contributed by atoms with van der Waals surface area (Å²) in [5, 5.41) is 3.61. The molecule has 0 bridgehead atoms. The minimum atomic E-state index is -0.942. The molecule has 0 aliphatic carbocycles. The van der Waals surface area contributed by atoms with Crippen molar-refractivity contribution in [3.8, 4) is 11.4 Å². The number of amides is 2. The Morgan fingerprint density at radius 2 is 1.60 bits per heavy atom. The van der Waals surface area contributed by atoms with Crippen LogP contribution in [0.25, 0.3) is 22.4 Å². The summed E-state index contributed by atoms with van der Waals surface area (Å²) in [5.41, 5.74) is 16.9. The van der Waals surface area contributed by atoms with Gasteiger partial charge in [-0.25, -0.2) is 13.8 Å². The van der Waals surface area contributed by atoms with Crippen molar-refractivity contribution in [2.45, 2.75) is 45.3 Å². The molecule has 1 unspecified atom stereocenters. The van der Waals surface area contributed by atoms with Crippen LogP contribution in [0, 0.1) is 11.6 Å². The molecule has 4 aromatic carbocycles. The molecule has 0 radical (unpaired) electrons. The number of imidazole rings is 1. The number of benzene rings is 4. The van der Waals surface area contributed by atoms with Crippen LogP contribution >= 0.6 is 23.2 Å². The van der Waals surface area contributed by atoms with E-state index in [1.165, 1.54) is 12.1 Å². The Morgan fingerprint density at radius 3 is 2.25 bits per heavy atom. The number of nitrogens with zero attached hydrogens (tertiary/aromatic N) is 3. The van der Waals surface area contributed by atoms with Crippen molar-refractivity contribution in [3.63, 3.8) is 0 Å². The van der Waals surface area contributed by atoms with E-state index in [2.05, 4.69) is 24.1 Å². The van der Waals surface area contributed by atoms with Gasteiger partial charge in [0.2, 0.25) is 11.8 Å². The average molecular weight is 694 g/mol. The zero-order valence-corrected chi connectivity index (χ0v) is 28.0. The number of fused-ring (bicyclic) bond motifs is 1. The molecule has 5 N–H and O–H groups in total. The third-order valence-corrected chi connectivity index (χ3v) is 8.99. The average Bonchev–Trinajstić information content (AvgIpc) is 3.42. The zero-order valence-electron chi connectivity index (χ0n) is 26.5.